The van der Waals surface area contributed by atoms with Gasteiger partial charge in [-0.25, -0.2) is 9.80 Å². The Bertz CT molecular complexity index is 1230. The molecular weight excluding hydrogens is 380 g/mol. The van der Waals surface area contributed by atoms with E-state index in [2.05, 4.69) is 18.8 Å². The first-order chi connectivity index (χ1) is 14.3. The lowest BCUT2D eigenvalue weighted by Crippen LogP contribution is -2.41. The lowest BCUT2D eigenvalue weighted by Gasteiger charge is -2.27. The molecule has 158 valence electrons. The van der Waals surface area contributed by atoms with Crippen molar-refractivity contribution in [1.29, 1.82) is 0 Å². The third-order valence-electron chi connectivity index (χ3n) is 5.19. The number of aryl methyl sites for hydroxylation is 1. The van der Waals surface area contributed by atoms with E-state index in [9.17, 15) is 9.59 Å². The molecule has 0 spiro atoms. The molecule has 0 amide bonds. The normalized spacial score (nSPS) is 14.0. The predicted molar refractivity (Wildman–Crippen MR) is 119 cm³/mol. The molecule has 2 aromatic heterocycles. The summed E-state index contributed by atoms with van der Waals surface area (Å²) in [5, 5.41) is 6.71. The molecule has 0 saturated heterocycles. The van der Waals surface area contributed by atoms with Crippen LogP contribution in [0.3, 0.4) is 0 Å². The van der Waals surface area contributed by atoms with Gasteiger partial charge >= 0.3 is 5.69 Å². The molecule has 1 aromatic carbocycles. The first kappa shape index (κ1) is 20.1. The van der Waals surface area contributed by atoms with Crippen LogP contribution in [0.1, 0.15) is 33.3 Å². The first-order valence-corrected chi connectivity index (χ1v) is 10.4. The zero-order valence-electron chi connectivity index (χ0n) is 18.2. The van der Waals surface area contributed by atoms with E-state index in [4.69, 9.17) is 5.10 Å². The van der Waals surface area contributed by atoms with Gasteiger partial charge in [-0.2, -0.15) is 10.1 Å². The van der Waals surface area contributed by atoms with Crippen molar-refractivity contribution in [2.75, 3.05) is 11.6 Å². The Morgan fingerprint density at radius 1 is 1.00 bits per heavy atom. The lowest BCUT2D eigenvalue weighted by atomic mass is 10.1. The zero-order chi connectivity index (χ0) is 21.6. The summed E-state index contributed by atoms with van der Waals surface area (Å²) in [4.78, 5) is 30.9. The molecule has 8 heteroatoms. The Kier molecular flexibility index (Phi) is 5.09. The number of benzene rings is 1. The van der Waals surface area contributed by atoms with Crippen LogP contribution in [0.2, 0.25) is 0 Å². The quantitative estimate of drug-likeness (QED) is 0.650. The maximum Gasteiger partial charge on any atom is 0.332 e. The second-order valence-corrected chi connectivity index (χ2v) is 8.71. The highest BCUT2D eigenvalue weighted by atomic mass is 16.2. The summed E-state index contributed by atoms with van der Waals surface area (Å²) < 4.78 is 4.70. The fourth-order valence-corrected chi connectivity index (χ4v) is 3.85. The Labute approximate surface area is 175 Å². The number of hydrazone groups is 1. The molecule has 0 unspecified atom stereocenters. The average Bonchev–Trinajstić information content (AvgIpc) is 3.10. The van der Waals surface area contributed by atoms with Crippen LogP contribution in [0.25, 0.3) is 11.2 Å². The lowest BCUT2D eigenvalue weighted by molar-refractivity contribution is 0.484. The van der Waals surface area contributed by atoms with Crippen LogP contribution in [0, 0.1) is 11.8 Å². The van der Waals surface area contributed by atoms with Crippen molar-refractivity contribution in [3.8, 4) is 0 Å². The molecule has 1 aliphatic rings. The summed E-state index contributed by atoms with van der Waals surface area (Å²) in [7, 11) is 1.67. The molecule has 8 nitrogen and oxygen atoms in total. The van der Waals surface area contributed by atoms with Crippen molar-refractivity contribution < 1.29 is 0 Å². The first-order valence-electron chi connectivity index (χ1n) is 10.4. The minimum atomic E-state index is -0.337. The highest BCUT2D eigenvalue weighted by molar-refractivity contribution is 6.02. The van der Waals surface area contributed by atoms with Crippen LogP contribution in [0.15, 0.2) is 45.0 Å². The number of hydrogen-bond donors (Lipinski definition) is 0. The third-order valence-corrected chi connectivity index (χ3v) is 5.19. The second-order valence-electron chi connectivity index (χ2n) is 8.71. The number of nitrogens with zero attached hydrogens (tertiary/aromatic N) is 6. The van der Waals surface area contributed by atoms with Gasteiger partial charge < -0.3 is 0 Å². The van der Waals surface area contributed by atoms with Crippen LogP contribution >= 0.6 is 0 Å². The molecule has 30 heavy (non-hydrogen) atoms. The van der Waals surface area contributed by atoms with Crippen LogP contribution in [0.5, 0.6) is 0 Å². The molecular formula is C22H28N6O2. The molecule has 0 saturated carbocycles. The van der Waals surface area contributed by atoms with Crippen molar-refractivity contribution in [3.05, 3.63) is 56.7 Å². The number of hydrogen-bond acceptors (Lipinski definition) is 5. The summed E-state index contributed by atoms with van der Waals surface area (Å²) in [6.07, 6.45) is 0. The molecule has 0 fully saturated rings. The van der Waals surface area contributed by atoms with Gasteiger partial charge in [0.15, 0.2) is 11.2 Å². The SMILES string of the molecule is CC(C)CN1N=C(c2ccccc2)Cn2c1nc1c2c(=O)n(CC(C)C)c(=O)n1C. The molecule has 0 aliphatic carbocycles. The summed E-state index contributed by atoms with van der Waals surface area (Å²) in [5.41, 5.74) is 2.09. The van der Waals surface area contributed by atoms with E-state index < -0.39 is 0 Å². The summed E-state index contributed by atoms with van der Waals surface area (Å²) >= 11 is 0. The van der Waals surface area contributed by atoms with Gasteiger partial charge in [-0.05, 0) is 17.4 Å². The van der Waals surface area contributed by atoms with Crippen LogP contribution in [0.4, 0.5) is 5.95 Å². The van der Waals surface area contributed by atoms with Crippen LogP contribution in [-0.2, 0) is 20.1 Å². The second kappa shape index (κ2) is 7.59. The summed E-state index contributed by atoms with van der Waals surface area (Å²) in [5.74, 6) is 1.13. The van der Waals surface area contributed by atoms with E-state index >= 15 is 0 Å². The smallest absolute Gasteiger partial charge is 0.297 e. The summed E-state index contributed by atoms with van der Waals surface area (Å²) in [6, 6.07) is 9.96. The minimum absolute atomic E-state index is 0.176. The Balaban J connectivity index is 1.97. The van der Waals surface area contributed by atoms with Gasteiger partial charge in [-0.15, -0.1) is 0 Å². The topological polar surface area (TPSA) is 77.4 Å². The molecule has 4 rings (SSSR count). The van der Waals surface area contributed by atoms with Crippen molar-refractivity contribution in [3.63, 3.8) is 0 Å². The van der Waals surface area contributed by atoms with Crippen molar-refractivity contribution >= 4 is 22.8 Å². The maximum atomic E-state index is 13.4. The number of imidazole rings is 1. The van der Waals surface area contributed by atoms with Crippen molar-refractivity contribution in [1.82, 2.24) is 18.7 Å². The zero-order valence-corrected chi connectivity index (χ0v) is 18.2. The van der Waals surface area contributed by atoms with Crippen molar-refractivity contribution in [2.45, 2.75) is 40.8 Å². The van der Waals surface area contributed by atoms with E-state index in [1.807, 2.05) is 53.8 Å². The molecule has 0 bridgehead atoms. The van der Waals surface area contributed by atoms with Crippen LogP contribution in [-0.4, -0.2) is 30.9 Å². The average molecular weight is 409 g/mol. The highest BCUT2D eigenvalue weighted by Gasteiger charge is 2.28. The Morgan fingerprint density at radius 2 is 1.67 bits per heavy atom. The van der Waals surface area contributed by atoms with E-state index in [-0.39, 0.29) is 17.2 Å². The number of rotatable bonds is 5. The van der Waals surface area contributed by atoms with E-state index in [0.29, 0.717) is 42.7 Å². The Morgan fingerprint density at radius 3 is 2.30 bits per heavy atom. The van der Waals surface area contributed by atoms with Crippen LogP contribution < -0.4 is 16.3 Å². The predicted octanol–water partition coefficient (Wildman–Crippen LogP) is 2.43. The summed E-state index contributed by atoms with van der Waals surface area (Å²) in [6.45, 7) is 9.68. The van der Waals surface area contributed by atoms with Crippen molar-refractivity contribution in [2.24, 2.45) is 24.0 Å². The van der Waals surface area contributed by atoms with Gasteiger partial charge in [-0.1, -0.05) is 58.0 Å². The van der Waals surface area contributed by atoms with Gasteiger partial charge in [-0.3, -0.25) is 18.5 Å². The maximum absolute atomic E-state index is 13.4. The molecule has 0 N–H and O–H groups in total. The van der Waals surface area contributed by atoms with Gasteiger partial charge in [0.25, 0.3) is 5.56 Å². The minimum Gasteiger partial charge on any atom is -0.297 e. The van der Waals surface area contributed by atoms with Gasteiger partial charge in [0.1, 0.15) is 0 Å². The van der Waals surface area contributed by atoms with E-state index in [1.165, 1.54) is 9.13 Å². The Hall–Kier alpha value is -3.16. The molecule has 3 aromatic rings. The molecule has 3 heterocycles. The highest BCUT2D eigenvalue weighted by Crippen LogP contribution is 2.26. The fourth-order valence-electron chi connectivity index (χ4n) is 3.85. The van der Waals surface area contributed by atoms with Gasteiger partial charge in [0.05, 0.1) is 12.3 Å². The largest absolute Gasteiger partial charge is 0.332 e. The number of fused-ring (bicyclic) bond motifs is 3. The van der Waals surface area contributed by atoms with Gasteiger partial charge in [0, 0.05) is 20.1 Å². The monoisotopic (exact) mass is 408 g/mol. The number of anilines is 1. The fraction of sp³-hybridized carbons (Fsp3) is 0.455. The third kappa shape index (κ3) is 3.36. The van der Waals surface area contributed by atoms with E-state index in [1.54, 1.807) is 7.05 Å². The molecule has 0 radical (unpaired) electrons. The van der Waals surface area contributed by atoms with Gasteiger partial charge in [0.2, 0.25) is 5.95 Å². The molecule has 0 atom stereocenters. The molecule has 1 aliphatic heterocycles. The van der Waals surface area contributed by atoms with E-state index in [0.717, 1.165) is 11.3 Å². The number of aromatic nitrogens is 4. The standard InChI is InChI=1S/C22H28N6O2/c1-14(2)11-27-20(29)18-19(25(5)22(27)30)23-21-26(18)13-17(16-9-7-6-8-10-16)24-28(21)12-15(3)4/h6-10,14-15H,11-13H2,1-5H3.